The molecule has 1 amide bonds. The molecule has 2 aliphatic heterocycles. The molecule has 1 aliphatic carbocycles. The Hall–Kier alpha value is -1.36. The first-order valence-electron chi connectivity index (χ1n) is 8.69. The summed E-state index contributed by atoms with van der Waals surface area (Å²) in [6.07, 6.45) is 2.41. The zero-order valence-electron chi connectivity index (χ0n) is 14.0. The van der Waals surface area contributed by atoms with E-state index >= 15 is 0 Å². The molecule has 3 heterocycles. The number of aromatic nitrogens is 1. The highest BCUT2D eigenvalue weighted by Crippen LogP contribution is 2.40. The molecule has 134 valence electrons. The molecule has 3 aliphatic rings. The van der Waals surface area contributed by atoms with Crippen molar-refractivity contribution in [3.8, 4) is 0 Å². The lowest BCUT2D eigenvalue weighted by Crippen LogP contribution is -2.32. The van der Waals surface area contributed by atoms with E-state index in [1.54, 1.807) is 0 Å². The molecule has 0 bridgehead atoms. The van der Waals surface area contributed by atoms with Gasteiger partial charge >= 0.3 is 0 Å². The number of benzene rings is 1. The van der Waals surface area contributed by atoms with Crippen molar-refractivity contribution >= 4 is 41.6 Å². The molecule has 2 atom stereocenters. The Bertz CT molecular complexity index is 781. The number of rotatable bonds is 2. The molecular formula is C19H23Cl2N3O. The molecule has 1 N–H and O–H groups in total. The van der Waals surface area contributed by atoms with E-state index in [2.05, 4.69) is 16.3 Å². The Morgan fingerprint density at radius 1 is 1.08 bits per heavy atom. The van der Waals surface area contributed by atoms with E-state index in [0.29, 0.717) is 17.8 Å². The Morgan fingerprint density at radius 2 is 1.76 bits per heavy atom. The first-order chi connectivity index (χ1) is 11.3. The Kier molecular flexibility index (Phi) is 5.24. The monoisotopic (exact) mass is 379 g/mol. The van der Waals surface area contributed by atoms with Crippen molar-refractivity contribution in [2.75, 3.05) is 26.2 Å². The van der Waals surface area contributed by atoms with Gasteiger partial charge in [0.1, 0.15) is 0 Å². The Labute approximate surface area is 160 Å². The highest BCUT2D eigenvalue weighted by Gasteiger charge is 2.39. The van der Waals surface area contributed by atoms with E-state index in [1.807, 2.05) is 24.3 Å². The first kappa shape index (κ1) is 18.4. The standard InChI is InChI=1S/C19H21N3O.2ClH/c23-19(22-10-13-8-20-9-14(13)11-22)16-7-18(12-5-6-12)21-17-4-2-1-3-15(16)17;;/h1-4,7,12-14,20H,5-6,8-11H2;2*1H/t13-,14+;;. The summed E-state index contributed by atoms with van der Waals surface area (Å²) in [4.78, 5) is 20.0. The number of nitrogens with zero attached hydrogens (tertiary/aromatic N) is 2. The van der Waals surface area contributed by atoms with Crippen molar-refractivity contribution in [3.63, 3.8) is 0 Å². The lowest BCUT2D eigenvalue weighted by atomic mass is 10.0. The maximum atomic E-state index is 13.2. The van der Waals surface area contributed by atoms with Crippen LogP contribution in [0, 0.1) is 11.8 Å². The molecule has 0 spiro atoms. The fraction of sp³-hybridized carbons (Fsp3) is 0.474. The van der Waals surface area contributed by atoms with Crippen molar-refractivity contribution in [1.82, 2.24) is 15.2 Å². The summed E-state index contributed by atoms with van der Waals surface area (Å²) in [6, 6.07) is 10.1. The van der Waals surface area contributed by atoms with E-state index < -0.39 is 0 Å². The summed E-state index contributed by atoms with van der Waals surface area (Å²) >= 11 is 0. The number of amides is 1. The first-order valence-corrected chi connectivity index (χ1v) is 8.69. The molecule has 5 rings (SSSR count). The molecule has 0 unspecified atom stereocenters. The molecule has 2 aromatic rings. The average Bonchev–Trinajstić information content (AvgIpc) is 3.21. The molecule has 1 aromatic carbocycles. The van der Waals surface area contributed by atoms with Crippen LogP contribution in [0.4, 0.5) is 0 Å². The minimum absolute atomic E-state index is 0. The number of hydrogen-bond donors (Lipinski definition) is 1. The van der Waals surface area contributed by atoms with Crippen molar-refractivity contribution in [3.05, 3.63) is 41.6 Å². The Balaban J connectivity index is 0.000000911. The van der Waals surface area contributed by atoms with Gasteiger partial charge in [-0.2, -0.15) is 0 Å². The fourth-order valence-corrected chi connectivity index (χ4v) is 4.15. The van der Waals surface area contributed by atoms with Crippen LogP contribution < -0.4 is 5.32 Å². The molecule has 1 aromatic heterocycles. The summed E-state index contributed by atoms with van der Waals surface area (Å²) in [5, 5.41) is 4.43. The summed E-state index contributed by atoms with van der Waals surface area (Å²) in [5.74, 6) is 2.03. The van der Waals surface area contributed by atoms with Gasteiger partial charge in [-0.25, -0.2) is 0 Å². The summed E-state index contributed by atoms with van der Waals surface area (Å²) in [5.41, 5.74) is 2.92. The minimum atomic E-state index is 0. The molecule has 6 heteroatoms. The van der Waals surface area contributed by atoms with Gasteiger partial charge in [-0.05, 0) is 36.8 Å². The predicted octanol–water partition coefficient (Wildman–Crippen LogP) is 3.25. The summed E-state index contributed by atoms with van der Waals surface area (Å²) < 4.78 is 0. The van der Waals surface area contributed by atoms with Crippen LogP contribution >= 0.6 is 24.8 Å². The second-order valence-electron chi connectivity index (χ2n) is 7.27. The molecule has 0 radical (unpaired) electrons. The second-order valence-corrected chi connectivity index (χ2v) is 7.27. The second kappa shape index (κ2) is 7.10. The van der Waals surface area contributed by atoms with Gasteiger partial charge in [0.2, 0.25) is 0 Å². The molecule has 2 saturated heterocycles. The third kappa shape index (κ3) is 3.23. The van der Waals surface area contributed by atoms with Crippen LogP contribution in [0.2, 0.25) is 0 Å². The van der Waals surface area contributed by atoms with E-state index in [9.17, 15) is 4.79 Å². The number of nitrogens with one attached hydrogen (secondary N) is 1. The van der Waals surface area contributed by atoms with Crippen molar-refractivity contribution in [2.24, 2.45) is 11.8 Å². The number of para-hydroxylation sites is 1. The van der Waals surface area contributed by atoms with Crippen LogP contribution in [0.5, 0.6) is 0 Å². The van der Waals surface area contributed by atoms with Crippen molar-refractivity contribution in [2.45, 2.75) is 18.8 Å². The predicted molar refractivity (Wildman–Crippen MR) is 104 cm³/mol. The Morgan fingerprint density at radius 3 is 2.44 bits per heavy atom. The van der Waals surface area contributed by atoms with Gasteiger partial charge < -0.3 is 10.2 Å². The van der Waals surface area contributed by atoms with E-state index in [0.717, 1.165) is 48.3 Å². The summed E-state index contributed by atoms with van der Waals surface area (Å²) in [6.45, 7) is 3.90. The normalized spacial score (nSPS) is 24.6. The van der Waals surface area contributed by atoms with E-state index in [-0.39, 0.29) is 30.7 Å². The van der Waals surface area contributed by atoms with Gasteiger partial charge in [0, 0.05) is 43.2 Å². The van der Waals surface area contributed by atoms with Crippen molar-refractivity contribution < 1.29 is 4.79 Å². The zero-order chi connectivity index (χ0) is 15.4. The number of carbonyl (C=O) groups excluding carboxylic acids is 1. The average molecular weight is 380 g/mol. The van der Waals surface area contributed by atoms with Gasteiger partial charge in [-0.3, -0.25) is 9.78 Å². The quantitative estimate of drug-likeness (QED) is 0.870. The van der Waals surface area contributed by atoms with Crippen LogP contribution in [0.25, 0.3) is 10.9 Å². The maximum absolute atomic E-state index is 13.2. The molecule has 3 fully saturated rings. The van der Waals surface area contributed by atoms with Crippen LogP contribution in [0.1, 0.15) is 34.8 Å². The lowest BCUT2D eigenvalue weighted by Gasteiger charge is -2.19. The highest BCUT2D eigenvalue weighted by atomic mass is 35.5. The number of hydrogen-bond acceptors (Lipinski definition) is 3. The molecule has 4 nitrogen and oxygen atoms in total. The number of likely N-dealkylation sites (tertiary alicyclic amines) is 1. The van der Waals surface area contributed by atoms with Crippen LogP contribution in [-0.2, 0) is 0 Å². The van der Waals surface area contributed by atoms with Crippen LogP contribution in [-0.4, -0.2) is 42.0 Å². The number of carbonyl (C=O) groups is 1. The topological polar surface area (TPSA) is 45.2 Å². The van der Waals surface area contributed by atoms with Gasteiger partial charge in [0.25, 0.3) is 5.91 Å². The molecule has 25 heavy (non-hydrogen) atoms. The largest absolute Gasteiger partial charge is 0.338 e. The maximum Gasteiger partial charge on any atom is 0.254 e. The van der Waals surface area contributed by atoms with Gasteiger partial charge in [0.05, 0.1) is 11.1 Å². The van der Waals surface area contributed by atoms with E-state index in [4.69, 9.17) is 4.98 Å². The molecule has 1 saturated carbocycles. The van der Waals surface area contributed by atoms with E-state index in [1.165, 1.54) is 12.8 Å². The third-order valence-corrected chi connectivity index (χ3v) is 5.64. The van der Waals surface area contributed by atoms with Crippen LogP contribution in [0.15, 0.2) is 30.3 Å². The number of halogens is 2. The zero-order valence-corrected chi connectivity index (χ0v) is 15.6. The lowest BCUT2D eigenvalue weighted by molar-refractivity contribution is 0.0783. The fourth-order valence-electron chi connectivity index (χ4n) is 4.15. The van der Waals surface area contributed by atoms with Gasteiger partial charge in [0.15, 0.2) is 0 Å². The minimum Gasteiger partial charge on any atom is -0.338 e. The third-order valence-electron chi connectivity index (χ3n) is 5.64. The highest BCUT2D eigenvalue weighted by molar-refractivity contribution is 6.06. The van der Waals surface area contributed by atoms with Gasteiger partial charge in [-0.1, -0.05) is 18.2 Å². The molecular weight excluding hydrogens is 357 g/mol. The number of fused-ring (bicyclic) bond motifs is 2. The summed E-state index contributed by atoms with van der Waals surface area (Å²) in [7, 11) is 0. The smallest absolute Gasteiger partial charge is 0.254 e. The van der Waals surface area contributed by atoms with Crippen LogP contribution in [0.3, 0.4) is 0 Å². The van der Waals surface area contributed by atoms with Gasteiger partial charge in [-0.15, -0.1) is 24.8 Å². The SMILES string of the molecule is Cl.Cl.O=C(c1cc(C2CC2)nc2ccccc12)N1C[C@H]2CNC[C@H]2C1. The number of pyridine rings is 1. The van der Waals surface area contributed by atoms with Crippen molar-refractivity contribution in [1.29, 1.82) is 0 Å².